The van der Waals surface area contributed by atoms with Crippen molar-refractivity contribution in [3.63, 3.8) is 0 Å². The van der Waals surface area contributed by atoms with Crippen LogP contribution in [-0.2, 0) is 14.3 Å². The smallest absolute Gasteiger partial charge is 0.220 e. The average Bonchev–Trinajstić information content (AvgIpc) is 3.36. The number of aliphatic hydroxyl groups is 5. The standard InChI is InChI=1S/C61H119NO8/c1-3-5-7-9-11-13-15-17-19-20-21-22-23-24-25-26-27-28-29-30-31-32-33-34-35-36-37-39-41-43-45-47-49-51-57(65)62-54(53-69-61-60(68)59(67)58(66)56(52-63)70-61)55(64)50-48-46-44-42-40-38-18-16-14-12-10-8-6-4-2/h20-21,54-56,58-61,63-64,66-68H,3-19,22-53H2,1-2H3,(H,62,65)/b21-20-. The Labute approximate surface area is 433 Å². The summed E-state index contributed by atoms with van der Waals surface area (Å²) in [7, 11) is 0. The lowest BCUT2D eigenvalue weighted by molar-refractivity contribution is -0.302. The van der Waals surface area contributed by atoms with Crippen LogP contribution in [0.2, 0.25) is 0 Å². The molecule has 1 rings (SSSR count). The van der Waals surface area contributed by atoms with Crippen LogP contribution in [0.25, 0.3) is 0 Å². The Kier molecular flexibility index (Phi) is 49.2. The fourth-order valence-electron chi connectivity index (χ4n) is 10.2. The number of nitrogens with one attached hydrogen (secondary N) is 1. The second kappa shape index (κ2) is 51.4. The van der Waals surface area contributed by atoms with Gasteiger partial charge in [-0.15, -0.1) is 0 Å². The van der Waals surface area contributed by atoms with E-state index in [1.807, 2.05) is 0 Å². The van der Waals surface area contributed by atoms with Gasteiger partial charge in [0, 0.05) is 6.42 Å². The third-order valence-corrected chi connectivity index (χ3v) is 15.1. The van der Waals surface area contributed by atoms with E-state index in [0.717, 1.165) is 38.5 Å². The molecule has 70 heavy (non-hydrogen) atoms. The predicted octanol–water partition coefficient (Wildman–Crippen LogP) is 15.6. The predicted molar refractivity (Wildman–Crippen MR) is 295 cm³/mol. The summed E-state index contributed by atoms with van der Waals surface area (Å²) < 4.78 is 11.3. The molecule has 1 fully saturated rings. The highest BCUT2D eigenvalue weighted by Crippen LogP contribution is 2.23. The summed E-state index contributed by atoms with van der Waals surface area (Å²) in [4.78, 5) is 13.1. The zero-order chi connectivity index (χ0) is 50.8. The van der Waals surface area contributed by atoms with Gasteiger partial charge in [0.1, 0.15) is 24.4 Å². The minimum absolute atomic E-state index is 0.132. The Morgan fingerprint density at radius 2 is 0.800 bits per heavy atom. The fourth-order valence-corrected chi connectivity index (χ4v) is 10.2. The molecule has 1 amide bonds. The minimum atomic E-state index is -1.55. The van der Waals surface area contributed by atoms with Crippen molar-refractivity contribution in [3.05, 3.63) is 12.2 Å². The second-order valence-electron chi connectivity index (χ2n) is 21.9. The first-order valence-electron chi connectivity index (χ1n) is 30.9. The molecule has 1 saturated heterocycles. The Morgan fingerprint density at radius 3 is 1.16 bits per heavy atom. The van der Waals surface area contributed by atoms with E-state index in [1.54, 1.807) is 0 Å². The highest BCUT2D eigenvalue weighted by Gasteiger charge is 2.44. The Hall–Kier alpha value is -1.07. The zero-order valence-corrected chi connectivity index (χ0v) is 46.3. The number of hydrogen-bond acceptors (Lipinski definition) is 8. The zero-order valence-electron chi connectivity index (χ0n) is 46.3. The summed E-state index contributed by atoms with van der Waals surface area (Å²) in [6.45, 7) is 3.87. The van der Waals surface area contributed by atoms with Crippen LogP contribution in [0.1, 0.15) is 316 Å². The number of allylic oxidation sites excluding steroid dienone is 2. The number of carbonyl (C=O) groups is 1. The van der Waals surface area contributed by atoms with Crippen molar-refractivity contribution in [1.29, 1.82) is 0 Å². The number of hydrogen-bond donors (Lipinski definition) is 6. The minimum Gasteiger partial charge on any atom is -0.394 e. The molecule has 7 unspecified atom stereocenters. The topological polar surface area (TPSA) is 149 Å². The summed E-state index contributed by atoms with van der Waals surface area (Å²) in [6.07, 6.45) is 57.0. The first-order valence-corrected chi connectivity index (χ1v) is 30.9. The third kappa shape index (κ3) is 40.3. The lowest BCUT2D eigenvalue weighted by Crippen LogP contribution is -2.60. The van der Waals surface area contributed by atoms with E-state index in [9.17, 15) is 30.3 Å². The van der Waals surface area contributed by atoms with Gasteiger partial charge in [-0.3, -0.25) is 4.79 Å². The van der Waals surface area contributed by atoms with E-state index in [2.05, 4.69) is 31.3 Å². The molecule has 6 N–H and O–H groups in total. The average molecular weight is 995 g/mol. The van der Waals surface area contributed by atoms with Crippen molar-refractivity contribution in [3.8, 4) is 0 Å². The van der Waals surface area contributed by atoms with Crippen LogP contribution < -0.4 is 5.32 Å². The van der Waals surface area contributed by atoms with Gasteiger partial charge in [0.2, 0.25) is 5.91 Å². The molecular weight excluding hydrogens is 875 g/mol. The molecule has 7 atom stereocenters. The maximum absolute atomic E-state index is 13.1. The number of aliphatic hydroxyl groups excluding tert-OH is 5. The molecule has 0 saturated carbocycles. The highest BCUT2D eigenvalue weighted by atomic mass is 16.7. The van der Waals surface area contributed by atoms with Gasteiger partial charge in [-0.25, -0.2) is 0 Å². The molecule has 0 aliphatic carbocycles. The second-order valence-corrected chi connectivity index (χ2v) is 21.9. The third-order valence-electron chi connectivity index (χ3n) is 15.1. The molecule has 0 radical (unpaired) electrons. The van der Waals surface area contributed by atoms with Crippen molar-refractivity contribution in [2.24, 2.45) is 0 Å². The van der Waals surface area contributed by atoms with Crippen LogP contribution in [0.3, 0.4) is 0 Å². The first kappa shape index (κ1) is 66.9. The largest absolute Gasteiger partial charge is 0.394 e. The number of amides is 1. The van der Waals surface area contributed by atoms with Crippen LogP contribution in [0.15, 0.2) is 12.2 Å². The molecule has 0 aromatic heterocycles. The van der Waals surface area contributed by atoms with Crippen molar-refractivity contribution in [2.75, 3.05) is 13.2 Å². The molecule has 0 aromatic carbocycles. The van der Waals surface area contributed by atoms with Crippen LogP contribution in [0, 0.1) is 0 Å². The van der Waals surface area contributed by atoms with Gasteiger partial charge >= 0.3 is 0 Å². The van der Waals surface area contributed by atoms with E-state index in [1.165, 1.54) is 250 Å². The van der Waals surface area contributed by atoms with E-state index in [-0.39, 0.29) is 12.5 Å². The van der Waals surface area contributed by atoms with E-state index in [4.69, 9.17) is 9.47 Å². The molecule has 9 heteroatoms. The van der Waals surface area contributed by atoms with Gasteiger partial charge in [-0.05, 0) is 38.5 Å². The molecule has 0 spiro atoms. The summed E-state index contributed by atoms with van der Waals surface area (Å²) in [5.74, 6) is -0.138. The van der Waals surface area contributed by atoms with Gasteiger partial charge in [0.05, 0.1) is 25.4 Å². The molecular formula is C61H119NO8. The summed E-state index contributed by atoms with van der Waals surface area (Å²) >= 11 is 0. The quantitative estimate of drug-likeness (QED) is 0.0261. The van der Waals surface area contributed by atoms with Gasteiger partial charge in [0.25, 0.3) is 0 Å². The highest BCUT2D eigenvalue weighted by molar-refractivity contribution is 5.76. The van der Waals surface area contributed by atoms with Crippen LogP contribution in [0.4, 0.5) is 0 Å². The van der Waals surface area contributed by atoms with Crippen molar-refractivity contribution in [2.45, 2.75) is 358 Å². The Morgan fingerprint density at radius 1 is 0.471 bits per heavy atom. The monoisotopic (exact) mass is 994 g/mol. The van der Waals surface area contributed by atoms with Crippen molar-refractivity contribution in [1.82, 2.24) is 5.32 Å². The Balaban J connectivity index is 2.07. The Bertz CT molecular complexity index is 1110. The van der Waals surface area contributed by atoms with Crippen LogP contribution in [-0.4, -0.2) is 87.5 Å². The summed E-state index contributed by atoms with van der Waals surface area (Å²) in [5.41, 5.74) is 0. The number of carbonyl (C=O) groups excluding carboxylic acids is 1. The van der Waals surface area contributed by atoms with Crippen LogP contribution in [0.5, 0.6) is 0 Å². The number of ether oxygens (including phenoxy) is 2. The van der Waals surface area contributed by atoms with E-state index >= 15 is 0 Å². The van der Waals surface area contributed by atoms with Crippen LogP contribution >= 0.6 is 0 Å². The first-order chi connectivity index (χ1) is 34.3. The SMILES string of the molecule is CCCCCCCCCC/C=C\CCCCCCCCCCCCCCCCCCCCCCCC(=O)NC(COC1OC(CO)C(O)C(O)C1O)C(O)CCCCCCCCCCCCCCCC. The fraction of sp³-hybridized carbons (Fsp3) is 0.951. The van der Waals surface area contributed by atoms with Gasteiger partial charge < -0.3 is 40.3 Å². The van der Waals surface area contributed by atoms with Gasteiger partial charge in [-0.2, -0.15) is 0 Å². The normalized spacial score (nSPS) is 19.3. The molecule has 1 heterocycles. The number of unbranched alkanes of at least 4 members (excludes halogenated alkanes) is 42. The molecule has 416 valence electrons. The number of rotatable bonds is 54. The molecule has 0 bridgehead atoms. The van der Waals surface area contributed by atoms with Crippen molar-refractivity contribution < 1.29 is 39.8 Å². The maximum Gasteiger partial charge on any atom is 0.220 e. The van der Waals surface area contributed by atoms with Gasteiger partial charge in [0.15, 0.2) is 6.29 Å². The lowest BCUT2D eigenvalue weighted by Gasteiger charge is -2.40. The van der Waals surface area contributed by atoms with E-state index < -0.39 is 49.5 Å². The molecule has 1 aliphatic heterocycles. The summed E-state index contributed by atoms with van der Waals surface area (Å²) in [6, 6.07) is -0.714. The van der Waals surface area contributed by atoms with Crippen molar-refractivity contribution >= 4 is 5.91 Å². The molecule has 0 aromatic rings. The van der Waals surface area contributed by atoms with E-state index in [0.29, 0.717) is 12.8 Å². The summed E-state index contributed by atoms with van der Waals surface area (Å²) in [5, 5.41) is 54.6. The lowest BCUT2D eigenvalue weighted by atomic mass is 9.99. The molecule has 1 aliphatic rings. The maximum atomic E-state index is 13.1. The molecule has 9 nitrogen and oxygen atoms in total. The van der Waals surface area contributed by atoms with Gasteiger partial charge in [-0.1, -0.05) is 283 Å².